The van der Waals surface area contributed by atoms with Crippen LogP contribution in [-0.2, 0) is 14.3 Å². The number of carbonyl (C=O) groups is 1. The molecule has 0 aliphatic carbocycles. The van der Waals surface area contributed by atoms with E-state index in [0.29, 0.717) is 0 Å². The predicted molar refractivity (Wildman–Crippen MR) is 52.1 cm³/mol. The molecule has 0 aromatic carbocycles. The van der Waals surface area contributed by atoms with Crippen molar-refractivity contribution in [2.75, 3.05) is 0 Å². The molecule has 5 atom stereocenters. The van der Waals surface area contributed by atoms with E-state index in [1.54, 1.807) is 13.8 Å². The zero-order chi connectivity index (χ0) is 12.5. The van der Waals surface area contributed by atoms with E-state index in [1.807, 2.05) is 0 Å². The molecule has 1 saturated heterocycles. The van der Waals surface area contributed by atoms with Crippen molar-refractivity contribution >= 4 is 5.91 Å². The van der Waals surface area contributed by atoms with Crippen molar-refractivity contribution in [2.24, 2.45) is 5.73 Å². The van der Waals surface area contributed by atoms with Crippen LogP contribution in [0.5, 0.6) is 0 Å². The summed E-state index contributed by atoms with van der Waals surface area (Å²) in [5.74, 6) is -0.921. The third-order valence-electron chi connectivity index (χ3n) is 2.26. The Balaban J connectivity index is 2.77. The molecule has 1 rings (SSSR count). The van der Waals surface area contributed by atoms with Gasteiger partial charge in [-0.05, 0) is 13.8 Å². The Morgan fingerprint density at radius 3 is 2.25 bits per heavy atom. The molecule has 0 spiro atoms. The van der Waals surface area contributed by atoms with E-state index in [2.05, 4.69) is 0 Å². The first-order valence-electron chi connectivity index (χ1n) is 4.99. The van der Waals surface area contributed by atoms with E-state index < -0.39 is 36.6 Å². The zero-order valence-corrected chi connectivity index (χ0v) is 9.11. The second kappa shape index (κ2) is 5.07. The molecular weight excluding hydrogens is 218 g/mol. The molecule has 0 radical (unpaired) electrons. The number of aliphatic hydroxyl groups excluding tert-OH is 3. The standard InChI is InChI=1S/C9H17NO6/c1-3(2)15-9-6(13)4(11)5(12)7(16-9)8(10)14/h3-7,9,11-13H,1-2H3,(H2,10,14)/t4?,5-,6+,7?,9-/m1/s1. The Bertz CT molecular complexity index is 258. The number of hydrogen-bond donors (Lipinski definition) is 4. The molecule has 0 aromatic heterocycles. The summed E-state index contributed by atoms with van der Waals surface area (Å²) in [5.41, 5.74) is 4.99. The first-order valence-corrected chi connectivity index (χ1v) is 4.99. The number of aliphatic hydroxyl groups is 3. The molecule has 1 aliphatic heterocycles. The lowest BCUT2D eigenvalue weighted by molar-refractivity contribution is -0.297. The summed E-state index contributed by atoms with van der Waals surface area (Å²) >= 11 is 0. The van der Waals surface area contributed by atoms with Crippen LogP contribution in [0.2, 0.25) is 0 Å². The van der Waals surface area contributed by atoms with E-state index in [9.17, 15) is 20.1 Å². The van der Waals surface area contributed by atoms with Crippen LogP contribution < -0.4 is 5.73 Å². The highest BCUT2D eigenvalue weighted by Gasteiger charge is 2.46. The fourth-order valence-electron chi connectivity index (χ4n) is 1.46. The molecule has 1 aliphatic rings. The Hall–Kier alpha value is -0.730. The number of ether oxygens (including phenoxy) is 2. The number of carbonyl (C=O) groups excluding carboxylic acids is 1. The van der Waals surface area contributed by atoms with Crippen molar-refractivity contribution in [2.45, 2.75) is 50.7 Å². The molecule has 94 valence electrons. The Morgan fingerprint density at radius 2 is 1.81 bits per heavy atom. The highest BCUT2D eigenvalue weighted by Crippen LogP contribution is 2.22. The maximum Gasteiger partial charge on any atom is 0.249 e. The van der Waals surface area contributed by atoms with Gasteiger partial charge in [0, 0.05) is 0 Å². The van der Waals surface area contributed by atoms with Crippen molar-refractivity contribution in [3.63, 3.8) is 0 Å². The second-order valence-corrected chi connectivity index (χ2v) is 3.98. The summed E-state index contributed by atoms with van der Waals surface area (Å²) in [7, 11) is 0. The molecule has 2 unspecified atom stereocenters. The third kappa shape index (κ3) is 2.69. The molecule has 1 amide bonds. The van der Waals surface area contributed by atoms with Gasteiger partial charge in [-0.2, -0.15) is 0 Å². The van der Waals surface area contributed by atoms with Crippen LogP contribution in [-0.4, -0.2) is 58.0 Å². The molecule has 1 heterocycles. The lowest BCUT2D eigenvalue weighted by atomic mass is 9.98. The number of primary amides is 1. The summed E-state index contributed by atoms with van der Waals surface area (Å²) in [4.78, 5) is 10.9. The van der Waals surface area contributed by atoms with Gasteiger partial charge in [0.25, 0.3) is 0 Å². The highest BCUT2D eigenvalue weighted by molar-refractivity contribution is 5.79. The lowest BCUT2D eigenvalue weighted by Crippen LogP contribution is -2.61. The van der Waals surface area contributed by atoms with Crippen molar-refractivity contribution in [1.29, 1.82) is 0 Å². The SMILES string of the molecule is CC(C)O[C@@H]1OC(C(N)=O)[C@H](O)C(O)[C@@H]1O. The number of rotatable bonds is 3. The minimum Gasteiger partial charge on any atom is -0.387 e. The van der Waals surface area contributed by atoms with E-state index in [0.717, 1.165) is 0 Å². The normalized spacial score (nSPS) is 40.0. The topological polar surface area (TPSA) is 122 Å². The summed E-state index contributed by atoms with van der Waals surface area (Å²) in [6, 6.07) is 0. The Kier molecular flexibility index (Phi) is 4.22. The van der Waals surface area contributed by atoms with Crippen LogP contribution in [0.1, 0.15) is 13.8 Å². The van der Waals surface area contributed by atoms with Gasteiger partial charge in [-0.1, -0.05) is 0 Å². The van der Waals surface area contributed by atoms with Crippen LogP contribution in [0, 0.1) is 0 Å². The van der Waals surface area contributed by atoms with Crippen LogP contribution in [0.4, 0.5) is 0 Å². The minimum atomic E-state index is -1.56. The second-order valence-electron chi connectivity index (χ2n) is 3.98. The smallest absolute Gasteiger partial charge is 0.249 e. The van der Waals surface area contributed by atoms with Gasteiger partial charge in [0.05, 0.1) is 6.10 Å². The predicted octanol–water partition coefficient (Wildman–Crippen LogP) is -2.30. The van der Waals surface area contributed by atoms with Crippen molar-refractivity contribution in [1.82, 2.24) is 0 Å². The number of nitrogens with two attached hydrogens (primary N) is 1. The maximum atomic E-state index is 10.9. The molecule has 0 bridgehead atoms. The van der Waals surface area contributed by atoms with Crippen molar-refractivity contribution < 1.29 is 29.6 Å². The monoisotopic (exact) mass is 235 g/mol. The molecule has 16 heavy (non-hydrogen) atoms. The summed E-state index contributed by atoms with van der Waals surface area (Å²) < 4.78 is 10.1. The fourth-order valence-corrected chi connectivity index (χ4v) is 1.46. The highest BCUT2D eigenvalue weighted by atomic mass is 16.7. The van der Waals surface area contributed by atoms with Gasteiger partial charge in [0.15, 0.2) is 12.4 Å². The van der Waals surface area contributed by atoms with E-state index in [1.165, 1.54) is 0 Å². The molecule has 5 N–H and O–H groups in total. The first kappa shape index (κ1) is 13.3. The van der Waals surface area contributed by atoms with Crippen LogP contribution in [0.15, 0.2) is 0 Å². The lowest BCUT2D eigenvalue weighted by Gasteiger charge is -2.39. The fraction of sp³-hybridized carbons (Fsp3) is 0.889. The molecular formula is C9H17NO6. The van der Waals surface area contributed by atoms with Crippen molar-refractivity contribution in [3.05, 3.63) is 0 Å². The quantitative estimate of drug-likeness (QED) is 0.436. The molecule has 7 nitrogen and oxygen atoms in total. The Morgan fingerprint density at radius 1 is 1.25 bits per heavy atom. The van der Waals surface area contributed by atoms with Crippen LogP contribution >= 0.6 is 0 Å². The molecule has 1 fully saturated rings. The summed E-state index contributed by atoms with van der Waals surface area (Å²) in [5, 5.41) is 28.5. The van der Waals surface area contributed by atoms with Gasteiger partial charge in [-0.25, -0.2) is 0 Å². The van der Waals surface area contributed by atoms with Gasteiger partial charge in [0.1, 0.15) is 18.3 Å². The largest absolute Gasteiger partial charge is 0.387 e. The summed E-state index contributed by atoms with van der Waals surface area (Å²) in [6.45, 7) is 3.40. The number of hydrogen-bond acceptors (Lipinski definition) is 6. The van der Waals surface area contributed by atoms with Gasteiger partial charge >= 0.3 is 0 Å². The first-order chi connectivity index (χ1) is 7.34. The van der Waals surface area contributed by atoms with Gasteiger partial charge in [0.2, 0.25) is 5.91 Å². The van der Waals surface area contributed by atoms with Crippen molar-refractivity contribution in [3.8, 4) is 0 Å². The van der Waals surface area contributed by atoms with E-state index >= 15 is 0 Å². The minimum absolute atomic E-state index is 0.268. The average molecular weight is 235 g/mol. The number of amides is 1. The average Bonchev–Trinajstić information content (AvgIpc) is 2.18. The zero-order valence-electron chi connectivity index (χ0n) is 9.11. The third-order valence-corrected chi connectivity index (χ3v) is 2.26. The van der Waals surface area contributed by atoms with E-state index in [-0.39, 0.29) is 6.10 Å². The molecule has 0 saturated carbocycles. The van der Waals surface area contributed by atoms with Gasteiger partial charge in [-0.3, -0.25) is 4.79 Å². The Labute approximate surface area is 92.8 Å². The van der Waals surface area contributed by atoms with Gasteiger partial charge in [-0.15, -0.1) is 0 Å². The molecule has 0 aromatic rings. The summed E-state index contributed by atoms with van der Waals surface area (Å²) in [6.07, 6.45) is -7.35. The van der Waals surface area contributed by atoms with Crippen LogP contribution in [0.25, 0.3) is 0 Å². The van der Waals surface area contributed by atoms with Gasteiger partial charge < -0.3 is 30.5 Å². The van der Waals surface area contributed by atoms with E-state index in [4.69, 9.17) is 15.2 Å². The molecule has 7 heteroatoms. The van der Waals surface area contributed by atoms with Crippen LogP contribution in [0.3, 0.4) is 0 Å². The maximum absolute atomic E-state index is 10.9.